The largest absolute Gasteiger partial charge is 0.486 e. The molecule has 0 saturated carbocycles. The van der Waals surface area contributed by atoms with Crippen LogP contribution in [0.2, 0.25) is 10.0 Å². The summed E-state index contributed by atoms with van der Waals surface area (Å²) >= 11 is 11.7. The van der Waals surface area contributed by atoms with Gasteiger partial charge < -0.3 is 9.47 Å². The van der Waals surface area contributed by atoms with E-state index in [-0.39, 0.29) is 10.6 Å². The van der Waals surface area contributed by atoms with Crippen LogP contribution in [0.25, 0.3) is 0 Å². The molecule has 2 N–H and O–H groups in total. The van der Waals surface area contributed by atoms with Crippen LogP contribution in [0.3, 0.4) is 0 Å². The minimum atomic E-state index is -0.514. The number of ether oxygens (including phenoxy) is 2. The Labute approximate surface area is 147 Å². The topological polar surface area (TPSA) is 76.7 Å². The predicted molar refractivity (Wildman–Crippen MR) is 88.8 cm³/mol. The van der Waals surface area contributed by atoms with Crippen molar-refractivity contribution in [2.24, 2.45) is 0 Å². The second kappa shape index (κ2) is 6.98. The molecule has 0 unspecified atom stereocenters. The van der Waals surface area contributed by atoms with E-state index >= 15 is 0 Å². The number of hydrazine groups is 1. The van der Waals surface area contributed by atoms with E-state index in [2.05, 4.69) is 10.9 Å². The summed E-state index contributed by atoms with van der Waals surface area (Å²) in [4.78, 5) is 24.1. The first-order valence-corrected chi connectivity index (χ1v) is 7.75. The van der Waals surface area contributed by atoms with Gasteiger partial charge in [0.25, 0.3) is 11.8 Å². The van der Waals surface area contributed by atoms with Gasteiger partial charge in [-0.25, -0.2) is 0 Å². The first-order chi connectivity index (χ1) is 11.5. The molecule has 0 bridgehead atoms. The summed E-state index contributed by atoms with van der Waals surface area (Å²) in [5, 5.41) is 0.594. The maximum atomic E-state index is 12.1. The predicted octanol–water partition coefficient (Wildman–Crippen LogP) is 2.84. The SMILES string of the molecule is O=C(NNC(=O)c1ccc2c(c1)OCCO2)c1ccc(Cl)c(Cl)c1. The van der Waals surface area contributed by atoms with Crippen molar-refractivity contribution in [3.63, 3.8) is 0 Å². The highest BCUT2D eigenvalue weighted by molar-refractivity contribution is 6.42. The van der Waals surface area contributed by atoms with Crippen LogP contribution in [0.15, 0.2) is 36.4 Å². The summed E-state index contributed by atoms with van der Waals surface area (Å²) in [5.74, 6) is 0.0715. The van der Waals surface area contributed by atoms with Gasteiger partial charge in [-0.2, -0.15) is 0 Å². The normalized spacial score (nSPS) is 12.4. The number of carbonyl (C=O) groups is 2. The number of fused-ring (bicyclic) bond motifs is 1. The Balaban J connectivity index is 1.64. The van der Waals surface area contributed by atoms with Gasteiger partial charge in [-0.15, -0.1) is 0 Å². The third kappa shape index (κ3) is 3.55. The van der Waals surface area contributed by atoms with E-state index in [4.69, 9.17) is 32.7 Å². The zero-order valence-electron chi connectivity index (χ0n) is 12.3. The fourth-order valence-corrected chi connectivity index (χ4v) is 2.38. The quantitative estimate of drug-likeness (QED) is 0.801. The number of nitrogens with one attached hydrogen (secondary N) is 2. The van der Waals surface area contributed by atoms with Gasteiger partial charge in [0.1, 0.15) is 13.2 Å². The minimum absolute atomic E-state index is 0.252. The minimum Gasteiger partial charge on any atom is -0.486 e. The Morgan fingerprint density at radius 2 is 1.38 bits per heavy atom. The van der Waals surface area contributed by atoms with Gasteiger partial charge in [0.15, 0.2) is 11.5 Å². The van der Waals surface area contributed by atoms with Gasteiger partial charge in [0, 0.05) is 11.1 Å². The molecule has 0 aromatic heterocycles. The fourth-order valence-electron chi connectivity index (χ4n) is 2.08. The summed E-state index contributed by atoms with van der Waals surface area (Å²) in [6.45, 7) is 0.893. The number of halogens is 2. The lowest BCUT2D eigenvalue weighted by Crippen LogP contribution is -2.41. The van der Waals surface area contributed by atoms with Crippen molar-refractivity contribution in [2.75, 3.05) is 13.2 Å². The zero-order chi connectivity index (χ0) is 17.1. The number of carbonyl (C=O) groups excluding carboxylic acids is 2. The monoisotopic (exact) mass is 366 g/mol. The Bertz CT molecular complexity index is 811. The fraction of sp³-hybridized carbons (Fsp3) is 0.125. The molecule has 2 aromatic carbocycles. The highest BCUT2D eigenvalue weighted by Crippen LogP contribution is 2.30. The van der Waals surface area contributed by atoms with Crippen LogP contribution in [0, 0.1) is 0 Å². The molecule has 0 fully saturated rings. The van der Waals surface area contributed by atoms with Crippen molar-refractivity contribution in [3.8, 4) is 11.5 Å². The van der Waals surface area contributed by atoms with Gasteiger partial charge in [-0.05, 0) is 36.4 Å². The molecular formula is C16H12Cl2N2O4. The van der Waals surface area contributed by atoms with Gasteiger partial charge >= 0.3 is 0 Å². The van der Waals surface area contributed by atoms with E-state index in [0.29, 0.717) is 35.3 Å². The molecule has 0 aliphatic carbocycles. The van der Waals surface area contributed by atoms with E-state index < -0.39 is 11.8 Å². The Morgan fingerprint density at radius 1 is 0.792 bits per heavy atom. The molecule has 1 aliphatic heterocycles. The Morgan fingerprint density at radius 3 is 2.04 bits per heavy atom. The smallest absolute Gasteiger partial charge is 0.269 e. The molecule has 0 spiro atoms. The van der Waals surface area contributed by atoms with E-state index in [0.717, 1.165) is 0 Å². The van der Waals surface area contributed by atoms with Crippen molar-refractivity contribution in [1.82, 2.24) is 10.9 Å². The number of hydrogen-bond donors (Lipinski definition) is 2. The maximum Gasteiger partial charge on any atom is 0.269 e. The molecule has 2 amide bonds. The van der Waals surface area contributed by atoms with Crippen molar-refractivity contribution >= 4 is 35.0 Å². The summed E-state index contributed by atoms with van der Waals surface area (Å²) in [6.07, 6.45) is 0. The summed E-state index contributed by atoms with van der Waals surface area (Å²) in [7, 11) is 0. The van der Waals surface area contributed by atoms with Crippen LogP contribution >= 0.6 is 23.2 Å². The van der Waals surface area contributed by atoms with Crippen LogP contribution in [0.1, 0.15) is 20.7 Å². The van der Waals surface area contributed by atoms with Crippen molar-refractivity contribution < 1.29 is 19.1 Å². The lowest BCUT2D eigenvalue weighted by Gasteiger charge is -2.18. The zero-order valence-corrected chi connectivity index (χ0v) is 13.8. The Kier molecular flexibility index (Phi) is 4.78. The van der Waals surface area contributed by atoms with Crippen LogP contribution in [-0.2, 0) is 0 Å². The second-order valence-electron chi connectivity index (χ2n) is 4.90. The van der Waals surface area contributed by atoms with Crippen LogP contribution in [0.5, 0.6) is 11.5 Å². The molecule has 2 aromatic rings. The van der Waals surface area contributed by atoms with E-state index in [1.54, 1.807) is 18.2 Å². The molecule has 3 rings (SSSR count). The third-order valence-electron chi connectivity index (χ3n) is 3.28. The summed E-state index contributed by atoms with van der Waals surface area (Å²) in [5.41, 5.74) is 5.24. The van der Waals surface area contributed by atoms with Gasteiger partial charge in [0.2, 0.25) is 0 Å². The highest BCUT2D eigenvalue weighted by Gasteiger charge is 2.16. The lowest BCUT2D eigenvalue weighted by molar-refractivity contribution is 0.0846. The molecule has 1 heterocycles. The average molecular weight is 367 g/mol. The van der Waals surface area contributed by atoms with Gasteiger partial charge in [-0.1, -0.05) is 23.2 Å². The second-order valence-corrected chi connectivity index (χ2v) is 5.71. The standard InChI is InChI=1S/C16H12Cl2N2O4/c17-11-3-1-9(7-12(11)18)15(21)19-20-16(22)10-2-4-13-14(8-10)24-6-5-23-13/h1-4,7-8H,5-6H2,(H,19,21)(H,20,22). The number of rotatable bonds is 2. The molecule has 1 aliphatic rings. The van der Waals surface area contributed by atoms with E-state index in [9.17, 15) is 9.59 Å². The molecule has 6 nitrogen and oxygen atoms in total. The molecule has 124 valence electrons. The Hall–Kier alpha value is -2.44. The van der Waals surface area contributed by atoms with Crippen LogP contribution in [-0.4, -0.2) is 25.0 Å². The highest BCUT2D eigenvalue weighted by atomic mass is 35.5. The van der Waals surface area contributed by atoms with E-state index in [1.807, 2.05) is 0 Å². The molecule has 0 saturated heterocycles. The van der Waals surface area contributed by atoms with Crippen LogP contribution < -0.4 is 20.3 Å². The molecular weight excluding hydrogens is 355 g/mol. The summed E-state index contributed by atoms with van der Waals surface area (Å²) in [6, 6.07) is 9.18. The van der Waals surface area contributed by atoms with Crippen molar-refractivity contribution in [2.45, 2.75) is 0 Å². The molecule has 24 heavy (non-hydrogen) atoms. The lowest BCUT2D eigenvalue weighted by atomic mass is 10.2. The third-order valence-corrected chi connectivity index (χ3v) is 4.01. The maximum absolute atomic E-state index is 12.1. The molecule has 0 radical (unpaired) electrons. The van der Waals surface area contributed by atoms with E-state index in [1.165, 1.54) is 18.2 Å². The van der Waals surface area contributed by atoms with Gasteiger partial charge in [-0.3, -0.25) is 20.4 Å². The van der Waals surface area contributed by atoms with Gasteiger partial charge in [0.05, 0.1) is 10.0 Å². The van der Waals surface area contributed by atoms with Crippen molar-refractivity contribution in [3.05, 3.63) is 57.6 Å². The average Bonchev–Trinajstić information content (AvgIpc) is 2.61. The number of amides is 2. The van der Waals surface area contributed by atoms with Crippen molar-refractivity contribution in [1.29, 1.82) is 0 Å². The molecule has 0 atom stereocenters. The van der Waals surface area contributed by atoms with Crippen LogP contribution in [0.4, 0.5) is 0 Å². The summed E-state index contributed by atoms with van der Waals surface area (Å²) < 4.78 is 10.8. The number of hydrogen-bond acceptors (Lipinski definition) is 4. The first-order valence-electron chi connectivity index (χ1n) is 7.00. The number of benzene rings is 2. The molecule has 8 heteroatoms. The first kappa shape index (κ1) is 16.4.